The predicted octanol–water partition coefficient (Wildman–Crippen LogP) is 2.18. The molecule has 0 saturated carbocycles. The van der Waals surface area contributed by atoms with Gasteiger partial charge < -0.3 is 10.2 Å². The Morgan fingerprint density at radius 2 is 2.11 bits per heavy atom. The lowest BCUT2D eigenvalue weighted by atomic mass is 10.1. The molecule has 0 spiro atoms. The van der Waals surface area contributed by atoms with Crippen LogP contribution in [-0.2, 0) is 4.79 Å². The summed E-state index contributed by atoms with van der Waals surface area (Å²) in [5.74, 6) is -0.0405. The first-order chi connectivity index (χ1) is 9.20. The molecule has 1 aromatic rings. The first-order valence-electron chi connectivity index (χ1n) is 6.64. The van der Waals surface area contributed by atoms with Gasteiger partial charge in [0.25, 0.3) is 0 Å². The lowest BCUT2D eigenvalue weighted by molar-refractivity contribution is -0.121. The standard InChI is InChI=1S/C15H21N3O/c1-3-17-12-13(2)15(19)18(11-7-10-16)14-8-5-4-6-9-14/h4-6,8-9,13,17H,3,7,11-12H2,1-2H3. The number of anilines is 1. The van der Waals surface area contributed by atoms with E-state index in [9.17, 15) is 4.79 Å². The van der Waals surface area contributed by atoms with E-state index in [0.29, 0.717) is 19.5 Å². The van der Waals surface area contributed by atoms with Crippen LogP contribution in [0.15, 0.2) is 30.3 Å². The summed E-state index contributed by atoms with van der Waals surface area (Å²) in [4.78, 5) is 14.1. The molecule has 0 aliphatic carbocycles. The number of amides is 1. The predicted molar refractivity (Wildman–Crippen MR) is 76.7 cm³/mol. The second kappa shape index (κ2) is 8.28. The number of hydrogen-bond acceptors (Lipinski definition) is 3. The van der Waals surface area contributed by atoms with Gasteiger partial charge in [-0.05, 0) is 18.7 Å². The maximum atomic E-state index is 12.4. The van der Waals surface area contributed by atoms with Crippen molar-refractivity contribution in [3.63, 3.8) is 0 Å². The molecule has 19 heavy (non-hydrogen) atoms. The molecule has 4 heteroatoms. The summed E-state index contributed by atoms with van der Waals surface area (Å²) in [6.07, 6.45) is 0.342. The molecule has 0 heterocycles. The van der Waals surface area contributed by atoms with Crippen LogP contribution in [0.1, 0.15) is 20.3 Å². The summed E-state index contributed by atoms with van der Waals surface area (Å²) in [5, 5.41) is 11.9. The molecule has 0 aliphatic rings. The number of benzene rings is 1. The zero-order valence-electron chi connectivity index (χ0n) is 11.6. The average Bonchev–Trinajstić information content (AvgIpc) is 2.46. The fourth-order valence-corrected chi connectivity index (χ4v) is 1.85. The third-order valence-electron chi connectivity index (χ3n) is 2.90. The molecule has 4 nitrogen and oxygen atoms in total. The molecule has 102 valence electrons. The van der Waals surface area contributed by atoms with E-state index in [0.717, 1.165) is 12.2 Å². The van der Waals surface area contributed by atoms with Crippen LogP contribution < -0.4 is 10.2 Å². The van der Waals surface area contributed by atoms with Crippen molar-refractivity contribution >= 4 is 11.6 Å². The normalized spacial score (nSPS) is 11.6. The van der Waals surface area contributed by atoms with Gasteiger partial charge in [-0.3, -0.25) is 4.79 Å². The third-order valence-corrected chi connectivity index (χ3v) is 2.90. The molecular weight excluding hydrogens is 238 g/mol. The Morgan fingerprint density at radius 1 is 1.42 bits per heavy atom. The van der Waals surface area contributed by atoms with Gasteiger partial charge in [0.1, 0.15) is 0 Å². The molecular formula is C15H21N3O. The van der Waals surface area contributed by atoms with Crippen LogP contribution in [0.2, 0.25) is 0 Å². The average molecular weight is 259 g/mol. The number of rotatable bonds is 7. The molecule has 0 radical (unpaired) electrons. The highest BCUT2D eigenvalue weighted by atomic mass is 16.2. The largest absolute Gasteiger partial charge is 0.316 e. The molecule has 1 rings (SSSR count). The third kappa shape index (κ3) is 4.72. The Labute approximate surface area is 115 Å². The minimum atomic E-state index is -0.0983. The summed E-state index contributed by atoms with van der Waals surface area (Å²) in [6.45, 7) is 5.87. The van der Waals surface area contributed by atoms with Gasteiger partial charge in [-0.1, -0.05) is 32.0 Å². The van der Waals surface area contributed by atoms with E-state index >= 15 is 0 Å². The van der Waals surface area contributed by atoms with Crippen molar-refractivity contribution < 1.29 is 4.79 Å². The second-order valence-electron chi connectivity index (χ2n) is 4.44. The van der Waals surface area contributed by atoms with Gasteiger partial charge in [0, 0.05) is 24.7 Å². The molecule has 1 amide bonds. The van der Waals surface area contributed by atoms with Crippen molar-refractivity contribution in [1.82, 2.24) is 5.32 Å². The molecule has 1 N–H and O–H groups in total. The molecule has 1 unspecified atom stereocenters. The summed E-state index contributed by atoms with van der Waals surface area (Å²) in [6, 6.07) is 11.6. The number of nitriles is 1. The van der Waals surface area contributed by atoms with Gasteiger partial charge in [-0.15, -0.1) is 0 Å². The molecule has 0 fully saturated rings. The zero-order chi connectivity index (χ0) is 14.1. The quantitative estimate of drug-likeness (QED) is 0.816. The summed E-state index contributed by atoms with van der Waals surface area (Å²) >= 11 is 0. The van der Waals surface area contributed by atoms with E-state index in [1.165, 1.54) is 0 Å². The van der Waals surface area contributed by atoms with Crippen molar-refractivity contribution in [3.8, 4) is 6.07 Å². The zero-order valence-corrected chi connectivity index (χ0v) is 11.6. The van der Waals surface area contributed by atoms with Gasteiger partial charge in [-0.25, -0.2) is 0 Å². The Bertz CT molecular complexity index is 425. The van der Waals surface area contributed by atoms with E-state index in [1.54, 1.807) is 4.90 Å². The van der Waals surface area contributed by atoms with Gasteiger partial charge in [-0.2, -0.15) is 5.26 Å². The van der Waals surface area contributed by atoms with Crippen LogP contribution in [0, 0.1) is 17.2 Å². The van der Waals surface area contributed by atoms with E-state index < -0.39 is 0 Å². The summed E-state index contributed by atoms with van der Waals surface area (Å²) in [5.41, 5.74) is 0.853. The van der Waals surface area contributed by atoms with Crippen LogP contribution in [0.5, 0.6) is 0 Å². The highest BCUT2D eigenvalue weighted by Crippen LogP contribution is 2.16. The Morgan fingerprint density at radius 3 is 2.68 bits per heavy atom. The molecule has 1 aromatic carbocycles. The van der Waals surface area contributed by atoms with Crippen LogP contribution in [-0.4, -0.2) is 25.5 Å². The Hall–Kier alpha value is -1.86. The SMILES string of the molecule is CCNCC(C)C(=O)N(CCC#N)c1ccccc1. The molecule has 0 aliphatic heterocycles. The second-order valence-corrected chi connectivity index (χ2v) is 4.44. The van der Waals surface area contributed by atoms with Gasteiger partial charge >= 0.3 is 0 Å². The van der Waals surface area contributed by atoms with Crippen molar-refractivity contribution in [3.05, 3.63) is 30.3 Å². The first-order valence-corrected chi connectivity index (χ1v) is 6.64. The highest BCUT2D eigenvalue weighted by Gasteiger charge is 2.21. The molecule has 1 atom stereocenters. The maximum Gasteiger partial charge on any atom is 0.231 e. The molecule has 0 saturated heterocycles. The van der Waals surface area contributed by atoms with Crippen LogP contribution >= 0.6 is 0 Å². The Balaban J connectivity index is 2.79. The summed E-state index contributed by atoms with van der Waals surface area (Å²) in [7, 11) is 0. The van der Waals surface area contributed by atoms with Crippen molar-refractivity contribution in [2.75, 3.05) is 24.5 Å². The van der Waals surface area contributed by atoms with E-state index in [1.807, 2.05) is 44.2 Å². The lowest BCUT2D eigenvalue weighted by Gasteiger charge is -2.25. The highest BCUT2D eigenvalue weighted by molar-refractivity contribution is 5.94. The maximum absolute atomic E-state index is 12.4. The number of carbonyl (C=O) groups is 1. The lowest BCUT2D eigenvalue weighted by Crippen LogP contribution is -2.39. The van der Waals surface area contributed by atoms with E-state index in [2.05, 4.69) is 11.4 Å². The first kappa shape index (κ1) is 15.2. The monoisotopic (exact) mass is 259 g/mol. The molecule has 0 aromatic heterocycles. The number of carbonyl (C=O) groups excluding carboxylic acids is 1. The van der Waals surface area contributed by atoms with Crippen LogP contribution in [0.25, 0.3) is 0 Å². The number of nitrogens with one attached hydrogen (secondary N) is 1. The van der Waals surface area contributed by atoms with Crippen LogP contribution in [0.4, 0.5) is 5.69 Å². The fraction of sp³-hybridized carbons (Fsp3) is 0.467. The minimum Gasteiger partial charge on any atom is -0.316 e. The number of hydrogen-bond donors (Lipinski definition) is 1. The minimum absolute atomic E-state index is 0.0578. The topological polar surface area (TPSA) is 56.1 Å². The van der Waals surface area contributed by atoms with Gasteiger partial charge in [0.2, 0.25) is 5.91 Å². The fourth-order valence-electron chi connectivity index (χ4n) is 1.85. The van der Waals surface area contributed by atoms with Crippen molar-refractivity contribution in [1.29, 1.82) is 5.26 Å². The summed E-state index contributed by atoms with van der Waals surface area (Å²) < 4.78 is 0. The Kier molecular flexibility index (Phi) is 6.62. The van der Waals surface area contributed by atoms with Crippen LogP contribution in [0.3, 0.4) is 0 Å². The molecule has 0 bridgehead atoms. The number of nitrogens with zero attached hydrogens (tertiary/aromatic N) is 2. The van der Waals surface area contributed by atoms with Crippen molar-refractivity contribution in [2.24, 2.45) is 5.92 Å². The number of para-hydroxylation sites is 1. The smallest absolute Gasteiger partial charge is 0.231 e. The van der Waals surface area contributed by atoms with E-state index in [4.69, 9.17) is 5.26 Å². The van der Waals surface area contributed by atoms with Crippen molar-refractivity contribution in [2.45, 2.75) is 20.3 Å². The van der Waals surface area contributed by atoms with Gasteiger partial charge in [0.15, 0.2) is 0 Å². The van der Waals surface area contributed by atoms with Gasteiger partial charge in [0.05, 0.1) is 12.5 Å². The van der Waals surface area contributed by atoms with E-state index in [-0.39, 0.29) is 11.8 Å².